The maximum Gasteiger partial charge on any atom is 0.308 e. The highest BCUT2D eigenvalue weighted by molar-refractivity contribution is 5.99. The van der Waals surface area contributed by atoms with Crippen molar-refractivity contribution in [3.05, 3.63) is 71.7 Å². The molecule has 1 aliphatic heterocycles. The highest BCUT2D eigenvalue weighted by atomic mass is 19.1. The van der Waals surface area contributed by atoms with Crippen LogP contribution in [0.5, 0.6) is 0 Å². The van der Waals surface area contributed by atoms with Crippen LogP contribution in [0.4, 0.5) is 4.39 Å². The van der Waals surface area contributed by atoms with E-state index in [4.69, 9.17) is 19.2 Å². The summed E-state index contributed by atoms with van der Waals surface area (Å²) < 4.78 is 31.7. The van der Waals surface area contributed by atoms with Crippen molar-refractivity contribution < 1.29 is 23.4 Å². The van der Waals surface area contributed by atoms with Crippen molar-refractivity contribution in [2.45, 2.75) is 89.8 Å². The highest BCUT2D eigenvalue weighted by Gasteiger charge is 2.36. The lowest BCUT2D eigenvalue weighted by Gasteiger charge is -2.39. The number of hydrogen-bond donors (Lipinski definition) is 0. The first-order chi connectivity index (χ1) is 18.0. The first-order valence-corrected chi connectivity index (χ1v) is 13.4. The van der Waals surface area contributed by atoms with Crippen LogP contribution in [0.3, 0.4) is 0 Å². The zero-order chi connectivity index (χ0) is 27.1. The molecule has 1 aromatic heterocycles. The van der Waals surface area contributed by atoms with Gasteiger partial charge in [-0.2, -0.15) is 0 Å². The Bertz CT molecular complexity index is 1350. The fourth-order valence-corrected chi connectivity index (χ4v) is 5.17. The number of para-hydroxylation sites is 1. The molecule has 0 radical (unpaired) electrons. The second-order valence-corrected chi connectivity index (χ2v) is 11.8. The van der Waals surface area contributed by atoms with Crippen LogP contribution in [0.1, 0.15) is 77.5 Å². The third-order valence-corrected chi connectivity index (χ3v) is 6.73. The first-order valence-electron chi connectivity index (χ1n) is 13.4. The average Bonchev–Trinajstić information content (AvgIpc) is 3.66. The lowest BCUT2D eigenvalue weighted by Crippen LogP contribution is -2.45. The third kappa shape index (κ3) is 6.30. The summed E-state index contributed by atoms with van der Waals surface area (Å²) in [6, 6.07) is 14.8. The van der Waals surface area contributed by atoms with Crippen LogP contribution in [-0.4, -0.2) is 34.5 Å². The number of carbonyl (C=O) groups is 1. The van der Waals surface area contributed by atoms with Gasteiger partial charge in [-0.05, 0) is 71.2 Å². The number of benzene rings is 2. The van der Waals surface area contributed by atoms with Gasteiger partial charge in [0.1, 0.15) is 11.4 Å². The van der Waals surface area contributed by atoms with Gasteiger partial charge >= 0.3 is 5.97 Å². The molecule has 0 N–H and O–H groups in total. The van der Waals surface area contributed by atoms with Crippen LogP contribution in [0.2, 0.25) is 0 Å². The molecule has 1 saturated carbocycles. The summed E-state index contributed by atoms with van der Waals surface area (Å²) in [6.45, 7) is 9.31. The quantitative estimate of drug-likeness (QED) is 0.316. The van der Waals surface area contributed by atoms with Crippen molar-refractivity contribution in [3.8, 4) is 11.1 Å². The van der Waals surface area contributed by atoms with Gasteiger partial charge in [0.15, 0.2) is 5.79 Å². The predicted molar refractivity (Wildman–Crippen MR) is 147 cm³/mol. The maximum absolute atomic E-state index is 13.8. The number of carbonyl (C=O) groups excluding carboxylic acids is 1. The van der Waals surface area contributed by atoms with E-state index in [0.29, 0.717) is 12.3 Å². The molecule has 1 saturated heterocycles. The molecule has 5 rings (SSSR count). The van der Waals surface area contributed by atoms with E-state index in [1.165, 1.54) is 12.1 Å². The van der Waals surface area contributed by atoms with Crippen molar-refractivity contribution in [2.24, 2.45) is 0 Å². The number of esters is 1. The minimum Gasteiger partial charge on any atom is -0.460 e. The van der Waals surface area contributed by atoms with Gasteiger partial charge in [-0.15, -0.1) is 0 Å². The molecule has 1 aliphatic carbocycles. The van der Waals surface area contributed by atoms with Crippen LogP contribution < -0.4 is 0 Å². The Labute approximate surface area is 224 Å². The Balaban J connectivity index is 1.51. The molecule has 200 valence electrons. The van der Waals surface area contributed by atoms with Crippen LogP contribution in [0.25, 0.3) is 28.1 Å². The summed E-state index contributed by atoms with van der Waals surface area (Å²) in [5.41, 5.74) is 4.49. The molecular weight excluding hydrogens is 481 g/mol. The second kappa shape index (κ2) is 10.2. The van der Waals surface area contributed by atoms with E-state index in [1.54, 1.807) is 0 Å². The minimum absolute atomic E-state index is 0.167. The standard InChI is InChI=1S/C32H36FNO4/c1-31(2,3)38-28(35)19-24-18-23(36-32(4,5)37-24)16-17-26-29(20-12-14-22(33)15-13-20)25-8-6-7-9-27(25)34-30(26)21-10-11-21/h6-9,12-17,21,23-24H,10-11,18-19H2,1-5H3/b17-16+/t23?,24-/m1/s1. The zero-order valence-electron chi connectivity index (χ0n) is 22.8. The van der Waals surface area contributed by atoms with Gasteiger partial charge in [0, 0.05) is 28.9 Å². The molecular formula is C32H36FNO4. The molecule has 2 fully saturated rings. The van der Waals surface area contributed by atoms with Gasteiger partial charge in [0.2, 0.25) is 0 Å². The third-order valence-electron chi connectivity index (χ3n) is 6.73. The van der Waals surface area contributed by atoms with Gasteiger partial charge in [0.05, 0.1) is 29.8 Å². The van der Waals surface area contributed by atoms with Gasteiger partial charge < -0.3 is 14.2 Å². The number of aromatic nitrogens is 1. The first kappa shape index (κ1) is 26.5. The fourth-order valence-electron chi connectivity index (χ4n) is 5.17. The van der Waals surface area contributed by atoms with Crippen molar-refractivity contribution in [2.75, 3.05) is 0 Å². The fraction of sp³-hybridized carbons (Fsp3) is 0.438. The van der Waals surface area contributed by atoms with Crippen molar-refractivity contribution in [1.82, 2.24) is 4.98 Å². The van der Waals surface area contributed by atoms with Crippen LogP contribution in [0, 0.1) is 5.82 Å². The molecule has 38 heavy (non-hydrogen) atoms. The molecule has 2 heterocycles. The Morgan fingerprint density at radius 2 is 1.82 bits per heavy atom. The Morgan fingerprint density at radius 1 is 1.11 bits per heavy atom. The summed E-state index contributed by atoms with van der Waals surface area (Å²) in [5, 5.41) is 1.03. The van der Waals surface area contributed by atoms with E-state index >= 15 is 0 Å². The second-order valence-electron chi connectivity index (χ2n) is 11.8. The van der Waals surface area contributed by atoms with Gasteiger partial charge in [-0.25, -0.2) is 4.39 Å². The SMILES string of the molecule is CC(C)(C)OC(=O)C[C@H]1CC(/C=C/c2c(C3CC3)nc3ccccc3c2-c2ccc(F)cc2)OC(C)(C)O1. The van der Waals surface area contributed by atoms with Crippen LogP contribution >= 0.6 is 0 Å². The number of rotatable bonds is 6. The van der Waals surface area contributed by atoms with Crippen LogP contribution in [0.15, 0.2) is 54.6 Å². The molecule has 0 spiro atoms. The molecule has 0 bridgehead atoms. The van der Waals surface area contributed by atoms with Crippen LogP contribution in [-0.2, 0) is 19.0 Å². The van der Waals surface area contributed by atoms with Crippen molar-refractivity contribution >= 4 is 22.9 Å². The molecule has 0 amide bonds. The van der Waals surface area contributed by atoms with Gasteiger partial charge in [-0.3, -0.25) is 9.78 Å². The molecule has 6 heteroatoms. The summed E-state index contributed by atoms with van der Waals surface area (Å²) in [7, 11) is 0. The molecule has 2 aliphatic rings. The zero-order valence-corrected chi connectivity index (χ0v) is 22.8. The smallest absolute Gasteiger partial charge is 0.308 e. The largest absolute Gasteiger partial charge is 0.460 e. The van der Waals surface area contributed by atoms with E-state index in [0.717, 1.165) is 46.1 Å². The van der Waals surface area contributed by atoms with E-state index in [2.05, 4.69) is 18.2 Å². The topological polar surface area (TPSA) is 57.7 Å². The Morgan fingerprint density at radius 3 is 2.50 bits per heavy atom. The maximum atomic E-state index is 13.8. The van der Waals surface area contributed by atoms with Crippen molar-refractivity contribution in [3.63, 3.8) is 0 Å². The lowest BCUT2D eigenvalue weighted by atomic mass is 9.92. The average molecular weight is 518 g/mol. The summed E-state index contributed by atoms with van der Waals surface area (Å²) in [6.07, 6.45) is 6.48. The lowest BCUT2D eigenvalue weighted by molar-refractivity contribution is -0.290. The normalized spacial score (nSPS) is 21.6. The Kier molecular flexibility index (Phi) is 7.14. The highest BCUT2D eigenvalue weighted by Crippen LogP contribution is 2.45. The van der Waals surface area contributed by atoms with Gasteiger partial charge in [0.25, 0.3) is 0 Å². The number of pyridine rings is 1. The van der Waals surface area contributed by atoms with E-state index in [9.17, 15) is 9.18 Å². The minimum atomic E-state index is -0.847. The van der Waals surface area contributed by atoms with Crippen molar-refractivity contribution in [1.29, 1.82) is 0 Å². The number of ether oxygens (including phenoxy) is 3. The van der Waals surface area contributed by atoms with Gasteiger partial charge in [-0.1, -0.05) is 42.5 Å². The monoisotopic (exact) mass is 517 g/mol. The molecule has 5 nitrogen and oxygen atoms in total. The number of nitrogens with zero attached hydrogens (tertiary/aromatic N) is 1. The molecule has 3 aromatic rings. The summed E-state index contributed by atoms with van der Waals surface area (Å²) in [4.78, 5) is 17.6. The molecule has 2 atom stereocenters. The number of fused-ring (bicyclic) bond motifs is 1. The Hall–Kier alpha value is -3.09. The predicted octanol–water partition coefficient (Wildman–Crippen LogP) is 7.57. The molecule has 1 unspecified atom stereocenters. The summed E-state index contributed by atoms with van der Waals surface area (Å²) >= 11 is 0. The van der Waals surface area contributed by atoms with E-state index in [1.807, 2.05) is 65.0 Å². The molecule has 2 aromatic carbocycles. The van der Waals surface area contributed by atoms with E-state index in [-0.39, 0.29) is 30.4 Å². The number of halogens is 1. The summed E-state index contributed by atoms with van der Waals surface area (Å²) in [5.74, 6) is -0.983. The number of hydrogen-bond acceptors (Lipinski definition) is 5. The van der Waals surface area contributed by atoms with E-state index < -0.39 is 11.4 Å².